The number of halogens is 1. The fourth-order valence-corrected chi connectivity index (χ4v) is 3.49. The van der Waals surface area contributed by atoms with Gasteiger partial charge in [0, 0.05) is 30.9 Å². The highest BCUT2D eigenvalue weighted by molar-refractivity contribution is 5.83. The van der Waals surface area contributed by atoms with Crippen molar-refractivity contribution < 1.29 is 14.0 Å². The summed E-state index contributed by atoms with van der Waals surface area (Å²) < 4.78 is 13.3. The van der Waals surface area contributed by atoms with E-state index < -0.39 is 0 Å². The van der Waals surface area contributed by atoms with Gasteiger partial charge in [0.2, 0.25) is 11.8 Å². The van der Waals surface area contributed by atoms with Crippen LogP contribution in [0.4, 0.5) is 4.39 Å². The zero-order valence-electron chi connectivity index (χ0n) is 16.2. The predicted octanol–water partition coefficient (Wildman–Crippen LogP) is 2.33. The molecule has 2 amide bonds. The molecule has 1 fully saturated rings. The number of benzene rings is 1. The number of aromatic nitrogens is 2. The van der Waals surface area contributed by atoms with Crippen LogP contribution in [0.5, 0.6) is 0 Å². The zero-order valence-corrected chi connectivity index (χ0v) is 16.2. The Hall–Kier alpha value is -2.83. The summed E-state index contributed by atoms with van der Waals surface area (Å²) in [4.78, 5) is 35.1. The van der Waals surface area contributed by atoms with E-state index in [0.717, 1.165) is 17.0 Å². The lowest BCUT2D eigenvalue weighted by molar-refractivity contribution is -0.138. The van der Waals surface area contributed by atoms with E-state index in [0.29, 0.717) is 38.2 Å². The normalized spacial score (nSPS) is 16.9. The van der Waals surface area contributed by atoms with Crippen LogP contribution in [0.25, 0.3) is 0 Å². The summed E-state index contributed by atoms with van der Waals surface area (Å²) >= 11 is 0. The number of nitrogens with zero attached hydrogens (tertiary/aromatic N) is 3. The zero-order chi connectivity index (χ0) is 20.1. The molecular weight excluding hydrogens is 359 g/mol. The number of rotatable bonds is 6. The minimum absolute atomic E-state index is 0.0399. The number of nitrogens with one attached hydrogen (secondary N) is 1. The molecule has 6 nitrogen and oxygen atoms in total. The van der Waals surface area contributed by atoms with Crippen molar-refractivity contribution in [2.75, 3.05) is 13.1 Å². The summed E-state index contributed by atoms with van der Waals surface area (Å²) in [6.07, 6.45) is 1.45. The Morgan fingerprint density at radius 2 is 2.00 bits per heavy atom. The van der Waals surface area contributed by atoms with Gasteiger partial charge < -0.3 is 10.2 Å². The molecule has 1 unspecified atom stereocenters. The summed E-state index contributed by atoms with van der Waals surface area (Å²) in [5.41, 5.74) is 2.57. The van der Waals surface area contributed by atoms with E-state index in [1.54, 1.807) is 11.0 Å². The molecule has 1 N–H and O–H groups in total. The number of carbonyl (C=O) groups is 2. The van der Waals surface area contributed by atoms with Gasteiger partial charge in [0.05, 0.1) is 12.5 Å². The molecule has 0 aliphatic carbocycles. The second-order valence-corrected chi connectivity index (χ2v) is 7.24. The predicted molar refractivity (Wildman–Crippen MR) is 103 cm³/mol. The largest absolute Gasteiger partial charge is 0.349 e. The van der Waals surface area contributed by atoms with E-state index in [9.17, 15) is 14.0 Å². The Labute approximate surface area is 164 Å². The van der Waals surface area contributed by atoms with Gasteiger partial charge in [-0.2, -0.15) is 0 Å². The lowest BCUT2D eigenvalue weighted by Crippen LogP contribution is -2.46. The Morgan fingerprint density at radius 1 is 1.25 bits per heavy atom. The Morgan fingerprint density at radius 3 is 2.71 bits per heavy atom. The van der Waals surface area contributed by atoms with Crippen molar-refractivity contribution in [3.8, 4) is 0 Å². The van der Waals surface area contributed by atoms with Crippen LogP contribution in [0, 0.1) is 25.6 Å². The summed E-state index contributed by atoms with van der Waals surface area (Å²) in [5, 5.41) is 2.89. The number of hydrogen-bond acceptors (Lipinski definition) is 4. The second-order valence-electron chi connectivity index (χ2n) is 7.24. The molecule has 2 heterocycles. The van der Waals surface area contributed by atoms with E-state index in [4.69, 9.17) is 0 Å². The molecule has 1 aliphatic heterocycles. The van der Waals surface area contributed by atoms with Gasteiger partial charge in [0.25, 0.3) is 0 Å². The quantitative estimate of drug-likeness (QED) is 0.829. The van der Waals surface area contributed by atoms with Crippen molar-refractivity contribution in [3.05, 3.63) is 58.9 Å². The molecule has 28 heavy (non-hydrogen) atoms. The maximum Gasteiger partial charge on any atom is 0.225 e. The molecule has 0 saturated carbocycles. The third-order valence-corrected chi connectivity index (χ3v) is 4.88. The molecule has 0 bridgehead atoms. The molecule has 148 valence electrons. The average molecular weight is 384 g/mol. The monoisotopic (exact) mass is 384 g/mol. The van der Waals surface area contributed by atoms with Crippen molar-refractivity contribution in [2.24, 2.45) is 5.92 Å². The summed E-state index contributed by atoms with van der Waals surface area (Å²) in [6.45, 7) is 4.92. The minimum Gasteiger partial charge on any atom is -0.349 e. The third-order valence-electron chi connectivity index (χ3n) is 4.88. The highest BCUT2D eigenvalue weighted by atomic mass is 19.1. The fraction of sp³-hybridized carbons (Fsp3) is 0.429. The van der Waals surface area contributed by atoms with Crippen LogP contribution in [-0.4, -0.2) is 39.8 Å². The second kappa shape index (κ2) is 8.91. The Bertz CT molecular complexity index is 851. The van der Waals surface area contributed by atoms with Crippen molar-refractivity contribution in [1.82, 2.24) is 20.2 Å². The van der Waals surface area contributed by atoms with Crippen LogP contribution in [0.2, 0.25) is 0 Å². The first-order chi connectivity index (χ1) is 13.4. The number of piperidine rings is 1. The number of amides is 2. The molecule has 1 aliphatic rings. The van der Waals surface area contributed by atoms with Gasteiger partial charge in [0.1, 0.15) is 11.6 Å². The van der Waals surface area contributed by atoms with E-state index in [1.807, 2.05) is 26.0 Å². The third kappa shape index (κ3) is 5.34. The summed E-state index contributed by atoms with van der Waals surface area (Å²) in [7, 11) is 0. The Kier molecular flexibility index (Phi) is 6.34. The van der Waals surface area contributed by atoms with Gasteiger partial charge in [-0.15, -0.1) is 0 Å². The molecule has 2 aromatic rings. The van der Waals surface area contributed by atoms with Gasteiger partial charge in [0.15, 0.2) is 0 Å². The standard InChI is InChI=1S/C21H25FN4O2/c1-14-10-15(2)25-19(24-14)12-23-21(28)17-6-7-20(27)26(13-17)9-8-16-4-3-5-18(22)11-16/h3-5,10-11,17H,6-9,12-13H2,1-2H3,(H,23,28). The number of carbonyl (C=O) groups excluding carboxylic acids is 2. The van der Waals surface area contributed by atoms with Crippen molar-refractivity contribution in [3.63, 3.8) is 0 Å². The highest BCUT2D eigenvalue weighted by Gasteiger charge is 2.30. The van der Waals surface area contributed by atoms with Crippen molar-refractivity contribution in [1.29, 1.82) is 0 Å². The van der Waals surface area contributed by atoms with E-state index in [-0.39, 0.29) is 30.1 Å². The lowest BCUT2D eigenvalue weighted by atomic mass is 9.96. The maximum atomic E-state index is 13.3. The average Bonchev–Trinajstić information content (AvgIpc) is 2.65. The molecule has 3 rings (SSSR count). The number of hydrogen-bond donors (Lipinski definition) is 1. The van der Waals surface area contributed by atoms with Crippen LogP contribution in [-0.2, 0) is 22.6 Å². The van der Waals surface area contributed by atoms with E-state index in [1.165, 1.54) is 12.1 Å². The van der Waals surface area contributed by atoms with Gasteiger partial charge in [-0.25, -0.2) is 14.4 Å². The first-order valence-electron chi connectivity index (χ1n) is 9.52. The molecule has 0 spiro atoms. The molecule has 1 aromatic carbocycles. The van der Waals surface area contributed by atoms with E-state index >= 15 is 0 Å². The van der Waals surface area contributed by atoms with Crippen LogP contribution in [0.1, 0.15) is 35.6 Å². The topological polar surface area (TPSA) is 75.2 Å². The Balaban J connectivity index is 1.54. The van der Waals surface area contributed by atoms with E-state index in [2.05, 4.69) is 15.3 Å². The van der Waals surface area contributed by atoms with Gasteiger partial charge in [-0.05, 0) is 50.5 Å². The minimum atomic E-state index is -0.284. The first kappa shape index (κ1) is 19.9. The molecule has 7 heteroatoms. The fourth-order valence-electron chi connectivity index (χ4n) is 3.49. The van der Waals surface area contributed by atoms with Crippen molar-refractivity contribution >= 4 is 11.8 Å². The number of aryl methyl sites for hydroxylation is 2. The van der Waals surface area contributed by atoms with Crippen LogP contribution in [0.3, 0.4) is 0 Å². The molecule has 1 saturated heterocycles. The van der Waals surface area contributed by atoms with Crippen LogP contribution in [0.15, 0.2) is 30.3 Å². The highest BCUT2D eigenvalue weighted by Crippen LogP contribution is 2.19. The first-order valence-corrected chi connectivity index (χ1v) is 9.52. The lowest BCUT2D eigenvalue weighted by Gasteiger charge is -2.32. The van der Waals surface area contributed by atoms with Gasteiger partial charge >= 0.3 is 0 Å². The van der Waals surface area contributed by atoms with Gasteiger partial charge in [-0.3, -0.25) is 9.59 Å². The van der Waals surface area contributed by atoms with Crippen molar-refractivity contribution in [2.45, 2.75) is 39.7 Å². The number of likely N-dealkylation sites (tertiary alicyclic amines) is 1. The smallest absolute Gasteiger partial charge is 0.225 e. The summed E-state index contributed by atoms with van der Waals surface area (Å²) in [6, 6.07) is 8.26. The van der Waals surface area contributed by atoms with Crippen LogP contribution < -0.4 is 5.32 Å². The SMILES string of the molecule is Cc1cc(C)nc(CNC(=O)C2CCC(=O)N(CCc3cccc(F)c3)C2)n1. The molecular formula is C21H25FN4O2. The summed E-state index contributed by atoms with van der Waals surface area (Å²) in [5.74, 6) is -0.00532. The molecule has 1 atom stereocenters. The maximum absolute atomic E-state index is 13.3. The van der Waals surface area contributed by atoms with Crippen LogP contribution >= 0.6 is 0 Å². The molecule has 0 radical (unpaired) electrons. The molecule has 1 aromatic heterocycles. The van der Waals surface area contributed by atoms with Gasteiger partial charge in [-0.1, -0.05) is 12.1 Å².